The van der Waals surface area contributed by atoms with Crippen LogP contribution >= 0.6 is 0 Å². The molecular weight excluding hydrogens is 427 g/mol. The van der Waals surface area contributed by atoms with Gasteiger partial charge in [-0.25, -0.2) is 9.37 Å². The maximum atomic E-state index is 13.5. The molecule has 2 unspecified atom stereocenters. The van der Waals surface area contributed by atoms with Crippen LogP contribution in [0.5, 0.6) is 0 Å². The fraction of sp³-hybridized carbons (Fsp3) is 0.333. The molecule has 4 rings (SSSR count). The van der Waals surface area contributed by atoms with Crippen LogP contribution in [0, 0.1) is 5.82 Å². The molecule has 1 aliphatic heterocycles. The molecule has 0 radical (unpaired) electrons. The Hall–Kier alpha value is -3.59. The largest absolute Gasteiger partial charge is 0.372 e. The number of halogens is 1. The number of aromatic nitrogens is 2. The summed E-state index contributed by atoms with van der Waals surface area (Å²) in [5.74, 6) is -0.971. The second kappa shape index (κ2) is 9.50. The number of carbonyl (C=O) groups excluding carboxylic acids is 2. The lowest BCUT2D eigenvalue weighted by Gasteiger charge is -2.35. The van der Waals surface area contributed by atoms with Gasteiger partial charge >= 0.3 is 0 Å². The topological polar surface area (TPSA) is 93.5 Å². The third-order valence-corrected chi connectivity index (χ3v) is 5.50. The summed E-state index contributed by atoms with van der Waals surface area (Å²) in [6, 6.07) is 10.8. The molecule has 1 saturated heterocycles. The first-order chi connectivity index (χ1) is 15.8. The van der Waals surface area contributed by atoms with Crippen LogP contribution in [0.2, 0.25) is 0 Å². The van der Waals surface area contributed by atoms with E-state index < -0.39 is 11.4 Å². The summed E-state index contributed by atoms with van der Waals surface area (Å²) in [7, 11) is 0. The van der Waals surface area contributed by atoms with Crippen molar-refractivity contribution < 1.29 is 18.7 Å². The Kier molecular flexibility index (Phi) is 6.50. The summed E-state index contributed by atoms with van der Waals surface area (Å²) in [6.45, 7) is 5.00. The molecule has 0 bridgehead atoms. The van der Waals surface area contributed by atoms with Crippen molar-refractivity contribution in [1.29, 1.82) is 0 Å². The van der Waals surface area contributed by atoms with Crippen molar-refractivity contribution in [2.24, 2.45) is 0 Å². The standard InChI is InChI=1S/C24H25FN4O4/c1-15-11-28(12-16(2)33-15)23(31)18-5-3-17(4-6-18)10-26-22(30)13-29-14-27-21-8-7-19(25)9-20(21)24(29)32/h3-9,14-16H,10-13H2,1-2H3,(H,26,30). The highest BCUT2D eigenvalue weighted by molar-refractivity contribution is 5.94. The van der Waals surface area contributed by atoms with Gasteiger partial charge in [0.2, 0.25) is 5.91 Å². The zero-order valence-electron chi connectivity index (χ0n) is 18.5. The number of morpholine rings is 1. The van der Waals surface area contributed by atoms with Crippen LogP contribution in [0.4, 0.5) is 4.39 Å². The number of carbonyl (C=O) groups is 2. The van der Waals surface area contributed by atoms with Gasteiger partial charge in [0.25, 0.3) is 11.5 Å². The number of benzene rings is 2. The fourth-order valence-electron chi connectivity index (χ4n) is 3.95. The second-order valence-corrected chi connectivity index (χ2v) is 8.28. The highest BCUT2D eigenvalue weighted by atomic mass is 19.1. The zero-order valence-corrected chi connectivity index (χ0v) is 18.5. The van der Waals surface area contributed by atoms with Gasteiger partial charge in [-0.3, -0.25) is 19.0 Å². The summed E-state index contributed by atoms with van der Waals surface area (Å²) in [4.78, 5) is 43.5. The Bertz CT molecular complexity index is 1230. The molecule has 9 heteroatoms. The molecule has 2 aromatic carbocycles. The SMILES string of the molecule is CC1CN(C(=O)c2ccc(CNC(=O)Cn3cnc4ccc(F)cc4c3=O)cc2)CC(C)O1. The van der Waals surface area contributed by atoms with Crippen LogP contribution in [0.1, 0.15) is 29.8 Å². The van der Waals surface area contributed by atoms with Crippen molar-refractivity contribution >= 4 is 22.7 Å². The molecule has 2 heterocycles. The number of hydrogen-bond donors (Lipinski definition) is 1. The molecule has 0 aliphatic carbocycles. The van der Waals surface area contributed by atoms with Crippen LogP contribution in [0.25, 0.3) is 10.9 Å². The molecule has 0 saturated carbocycles. The Morgan fingerprint density at radius 2 is 1.82 bits per heavy atom. The highest BCUT2D eigenvalue weighted by Gasteiger charge is 2.26. The van der Waals surface area contributed by atoms with Crippen molar-refractivity contribution in [2.75, 3.05) is 13.1 Å². The molecule has 8 nitrogen and oxygen atoms in total. The van der Waals surface area contributed by atoms with Crippen LogP contribution in [-0.4, -0.2) is 51.6 Å². The van der Waals surface area contributed by atoms with E-state index in [4.69, 9.17) is 4.74 Å². The van der Waals surface area contributed by atoms with E-state index in [1.54, 1.807) is 29.2 Å². The predicted octanol–water partition coefficient (Wildman–Crippen LogP) is 2.10. The molecule has 2 atom stereocenters. The smallest absolute Gasteiger partial charge is 0.261 e. The monoisotopic (exact) mass is 452 g/mol. The minimum absolute atomic E-state index is 0.00322. The first kappa shape index (κ1) is 22.6. The molecule has 3 aromatic rings. The lowest BCUT2D eigenvalue weighted by molar-refractivity contribution is -0.121. The number of ether oxygens (including phenoxy) is 1. The van der Waals surface area contributed by atoms with Gasteiger partial charge < -0.3 is 15.0 Å². The Labute approximate surface area is 190 Å². The first-order valence-corrected chi connectivity index (χ1v) is 10.7. The second-order valence-electron chi connectivity index (χ2n) is 8.28. The van der Waals surface area contributed by atoms with Gasteiger partial charge in [-0.1, -0.05) is 12.1 Å². The van der Waals surface area contributed by atoms with Gasteiger partial charge in [0.1, 0.15) is 12.4 Å². The molecular formula is C24H25FN4O4. The molecule has 1 fully saturated rings. The van der Waals surface area contributed by atoms with Crippen LogP contribution in [0.15, 0.2) is 53.6 Å². The van der Waals surface area contributed by atoms with Gasteiger partial charge in [-0.2, -0.15) is 0 Å². The minimum Gasteiger partial charge on any atom is -0.372 e. The zero-order chi connectivity index (χ0) is 23.5. The number of nitrogens with zero attached hydrogens (tertiary/aromatic N) is 3. The number of amides is 2. The quantitative estimate of drug-likeness (QED) is 0.640. The van der Waals surface area contributed by atoms with Gasteiger partial charge in [-0.05, 0) is 49.7 Å². The number of hydrogen-bond acceptors (Lipinski definition) is 5. The van der Waals surface area contributed by atoms with E-state index in [0.717, 1.165) is 16.2 Å². The minimum atomic E-state index is -0.539. The summed E-state index contributed by atoms with van der Waals surface area (Å²) >= 11 is 0. The summed E-state index contributed by atoms with van der Waals surface area (Å²) in [6.07, 6.45) is 1.27. The van der Waals surface area contributed by atoms with E-state index in [1.165, 1.54) is 18.5 Å². The number of rotatable bonds is 5. The predicted molar refractivity (Wildman–Crippen MR) is 120 cm³/mol. The maximum Gasteiger partial charge on any atom is 0.261 e. The molecule has 1 N–H and O–H groups in total. The highest BCUT2D eigenvalue weighted by Crippen LogP contribution is 2.15. The Balaban J connectivity index is 1.35. The average molecular weight is 452 g/mol. The van der Waals surface area contributed by atoms with Crippen molar-refractivity contribution in [1.82, 2.24) is 19.8 Å². The lowest BCUT2D eigenvalue weighted by atomic mass is 10.1. The van der Waals surface area contributed by atoms with Crippen molar-refractivity contribution in [3.8, 4) is 0 Å². The molecule has 172 valence electrons. The van der Waals surface area contributed by atoms with E-state index in [-0.39, 0.29) is 42.5 Å². The number of nitrogens with one attached hydrogen (secondary N) is 1. The van der Waals surface area contributed by atoms with Crippen LogP contribution in [-0.2, 0) is 22.6 Å². The normalized spacial score (nSPS) is 18.3. The van der Waals surface area contributed by atoms with E-state index in [2.05, 4.69) is 10.3 Å². The Morgan fingerprint density at radius 1 is 1.12 bits per heavy atom. The molecule has 33 heavy (non-hydrogen) atoms. The van der Waals surface area contributed by atoms with Gasteiger partial charge in [-0.15, -0.1) is 0 Å². The molecule has 2 amide bonds. The fourth-order valence-corrected chi connectivity index (χ4v) is 3.95. The number of fused-ring (bicyclic) bond motifs is 1. The van der Waals surface area contributed by atoms with E-state index in [9.17, 15) is 18.8 Å². The third-order valence-electron chi connectivity index (χ3n) is 5.50. The molecule has 1 aliphatic rings. The van der Waals surface area contributed by atoms with Crippen LogP contribution in [0.3, 0.4) is 0 Å². The van der Waals surface area contributed by atoms with Gasteiger partial charge in [0.15, 0.2) is 0 Å². The van der Waals surface area contributed by atoms with Crippen molar-refractivity contribution in [3.05, 3.63) is 76.1 Å². The van der Waals surface area contributed by atoms with Gasteiger partial charge in [0, 0.05) is 25.2 Å². The van der Waals surface area contributed by atoms with E-state index in [1.807, 2.05) is 13.8 Å². The first-order valence-electron chi connectivity index (χ1n) is 10.7. The summed E-state index contributed by atoms with van der Waals surface area (Å²) in [5.41, 5.74) is 1.28. The average Bonchev–Trinajstić information content (AvgIpc) is 2.79. The lowest BCUT2D eigenvalue weighted by Crippen LogP contribution is -2.48. The third kappa shape index (κ3) is 5.25. The van der Waals surface area contributed by atoms with Crippen molar-refractivity contribution in [2.45, 2.75) is 39.1 Å². The van der Waals surface area contributed by atoms with Crippen LogP contribution < -0.4 is 10.9 Å². The molecule has 1 aromatic heterocycles. The molecule has 0 spiro atoms. The van der Waals surface area contributed by atoms with E-state index in [0.29, 0.717) is 24.2 Å². The Morgan fingerprint density at radius 3 is 2.52 bits per heavy atom. The van der Waals surface area contributed by atoms with E-state index >= 15 is 0 Å². The maximum absolute atomic E-state index is 13.5. The van der Waals surface area contributed by atoms with Gasteiger partial charge in [0.05, 0.1) is 29.4 Å². The van der Waals surface area contributed by atoms with Crippen molar-refractivity contribution in [3.63, 3.8) is 0 Å². The summed E-state index contributed by atoms with van der Waals surface area (Å²) < 4.78 is 20.3. The summed E-state index contributed by atoms with van der Waals surface area (Å²) in [5, 5.41) is 2.87.